The molecule has 2 atom stereocenters. The highest BCUT2D eigenvalue weighted by Gasteiger charge is 2.32. The molecule has 0 saturated carbocycles. The summed E-state index contributed by atoms with van der Waals surface area (Å²) in [6.07, 6.45) is 0.0668. The van der Waals surface area contributed by atoms with E-state index >= 15 is 0 Å². The number of halogens is 1. The molecule has 1 heterocycles. The minimum Gasteiger partial charge on any atom is -0.463 e. The van der Waals surface area contributed by atoms with E-state index in [-0.39, 0.29) is 29.0 Å². The van der Waals surface area contributed by atoms with Crippen molar-refractivity contribution in [2.45, 2.75) is 36.9 Å². The van der Waals surface area contributed by atoms with Crippen LogP contribution in [-0.2, 0) is 9.53 Å². The van der Waals surface area contributed by atoms with Crippen LogP contribution in [0.4, 0.5) is 5.69 Å². The number of hydrogen-bond donors (Lipinski definition) is 1. The van der Waals surface area contributed by atoms with E-state index < -0.39 is 0 Å². The second kappa shape index (κ2) is 8.96. The molecule has 0 amide bonds. The Morgan fingerprint density at radius 1 is 1.13 bits per heavy atom. The number of fused-ring (bicyclic) bond motifs is 2. The molecule has 1 aliphatic rings. The van der Waals surface area contributed by atoms with Gasteiger partial charge in [-0.15, -0.1) is 11.8 Å². The SMILES string of the molecule is CC(C)OC(=O)C[C@H]1S[C@H](c2cccc3ccccc23)c2cc(Cl)ccc2NC1=S. The van der Waals surface area contributed by atoms with E-state index in [1.165, 1.54) is 16.3 Å². The molecule has 1 N–H and O–H groups in total. The number of rotatable bonds is 4. The van der Waals surface area contributed by atoms with Gasteiger partial charge in [0.25, 0.3) is 0 Å². The summed E-state index contributed by atoms with van der Waals surface area (Å²) in [6.45, 7) is 3.71. The predicted molar refractivity (Wildman–Crippen MR) is 131 cm³/mol. The first-order valence-electron chi connectivity index (χ1n) is 9.85. The van der Waals surface area contributed by atoms with Crippen LogP contribution in [0.2, 0.25) is 5.02 Å². The molecule has 0 aromatic heterocycles. The number of hydrogen-bond acceptors (Lipinski definition) is 4. The van der Waals surface area contributed by atoms with Crippen molar-refractivity contribution in [2.24, 2.45) is 0 Å². The van der Waals surface area contributed by atoms with Crippen molar-refractivity contribution in [1.82, 2.24) is 0 Å². The lowest BCUT2D eigenvalue weighted by molar-refractivity contribution is -0.147. The van der Waals surface area contributed by atoms with Gasteiger partial charge in [0.05, 0.1) is 28.0 Å². The number of carbonyl (C=O) groups excluding carboxylic acids is 1. The van der Waals surface area contributed by atoms with Crippen molar-refractivity contribution in [3.05, 3.63) is 76.8 Å². The Hall–Kier alpha value is -2.08. The minimum absolute atomic E-state index is 0.0328. The Balaban J connectivity index is 1.80. The Morgan fingerprint density at radius 2 is 1.90 bits per heavy atom. The molecule has 3 aromatic rings. The highest BCUT2D eigenvalue weighted by molar-refractivity contribution is 8.02. The van der Waals surface area contributed by atoms with E-state index in [1.807, 2.05) is 44.2 Å². The van der Waals surface area contributed by atoms with Gasteiger partial charge in [-0.05, 0) is 53.9 Å². The van der Waals surface area contributed by atoms with Crippen LogP contribution in [0.15, 0.2) is 60.7 Å². The lowest BCUT2D eigenvalue weighted by Crippen LogP contribution is -2.26. The monoisotopic (exact) mass is 455 g/mol. The molecular formula is C24H22ClNO2S2. The number of anilines is 1. The molecule has 0 unspecified atom stereocenters. The highest BCUT2D eigenvalue weighted by Crippen LogP contribution is 2.47. The first-order chi connectivity index (χ1) is 14.4. The van der Waals surface area contributed by atoms with Crippen molar-refractivity contribution in [2.75, 3.05) is 5.32 Å². The first-order valence-corrected chi connectivity index (χ1v) is 11.6. The van der Waals surface area contributed by atoms with E-state index in [0.29, 0.717) is 10.0 Å². The van der Waals surface area contributed by atoms with Crippen molar-refractivity contribution in [3.8, 4) is 0 Å². The maximum absolute atomic E-state index is 12.4. The third-order valence-corrected chi connectivity index (χ3v) is 7.25. The summed E-state index contributed by atoms with van der Waals surface area (Å²) in [5.74, 6) is -0.243. The topological polar surface area (TPSA) is 38.3 Å². The Kier molecular flexibility index (Phi) is 6.32. The van der Waals surface area contributed by atoms with Gasteiger partial charge in [0.15, 0.2) is 0 Å². The molecule has 0 radical (unpaired) electrons. The zero-order valence-electron chi connectivity index (χ0n) is 16.7. The Labute approximate surface area is 191 Å². The van der Waals surface area contributed by atoms with Gasteiger partial charge in [0.2, 0.25) is 0 Å². The van der Waals surface area contributed by atoms with E-state index in [4.69, 9.17) is 28.6 Å². The average Bonchev–Trinajstić information content (AvgIpc) is 2.83. The molecule has 6 heteroatoms. The maximum atomic E-state index is 12.4. The van der Waals surface area contributed by atoms with Gasteiger partial charge in [-0.25, -0.2) is 0 Å². The molecule has 30 heavy (non-hydrogen) atoms. The molecule has 4 rings (SSSR count). The highest BCUT2D eigenvalue weighted by atomic mass is 35.5. The van der Waals surface area contributed by atoms with Gasteiger partial charge < -0.3 is 10.1 Å². The zero-order valence-corrected chi connectivity index (χ0v) is 19.1. The standard InChI is InChI=1S/C24H22ClNO2S2/c1-14(2)28-22(27)13-21-24(29)26-20-11-10-16(25)12-19(20)23(30-21)18-9-5-7-15-6-3-4-8-17(15)18/h3-12,14,21,23H,13H2,1-2H3,(H,26,29)/t21-,23-/m1/s1. The number of carbonyl (C=O) groups is 1. The quantitative estimate of drug-likeness (QED) is 0.346. The molecule has 0 bridgehead atoms. The summed E-state index contributed by atoms with van der Waals surface area (Å²) in [6, 6.07) is 20.5. The molecular weight excluding hydrogens is 434 g/mol. The number of ether oxygens (including phenoxy) is 1. The number of esters is 1. The number of thiocarbonyl (C=S) groups is 1. The van der Waals surface area contributed by atoms with Crippen LogP contribution in [-0.4, -0.2) is 22.3 Å². The predicted octanol–water partition coefficient (Wildman–Crippen LogP) is 6.78. The summed E-state index contributed by atoms with van der Waals surface area (Å²) in [4.78, 5) is 13.0. The summed E-state index contributed by atoms with van der Waals surface area (Å²) >= 11 is 13.7. The van der Waals surface area contributed by atoms with Gasteiger partial charge in [-0.1, -0.05) is 66.3 Å². The van der Waals surface area contributed by atoms with Crippen molar-refractivity contribution < 1.29 is 9.53 Å². The smallest absolute Gasteiger partial charge is 0.307 e. The zero-order chi connectivity index (χ0) is 21.3. The van der Waals surface area contributed by atoms with Crippen LogP contribution in [0, 0.1) is 0 Å². The fraction of sp³-hybridized carbons (Fsp3) is 0.250. The molecule has 3 aromatic carbocycles. The second-order valence-corrected chi connectivity index (χ2v) is 9.73. The normalized spacial score (nSPS) is 18.6. The van der Waals surface area contributed by atoms with Gasteiger partial charge >= 0.3 is 5.97 Å². The van der Waals surface area contributed by atoms with Crippen LogP contribution in [0.1, 0.15) is 36.6 Å². The average molecular weight is 456 g/mol. The van der Waals surface area contributed by atoms with E-state index in [2.05, 4.69) is 35.6 Å². The lowest BCUT2D eigenvalue weighted by atomic mass is 9.97. The Morgan fingerprint density at radius 3 is 2.70 bits per heavy atom. The molecule has 0 fully saturated rings. The van der Waals surface area contributed by atoms with Crippen LogP contribution < -0.4 is 5.32 Å². The van der Waals surface area contributed by atoms with Crippen LogP contribution >= 0.6 is 35.6 Å². The maximum Gasteiger partial charge on any atom is 0.307 e. The van der Waals surface area contributed by atoms with Gasteiger partial charge in [-0.3, -0.25) is 4.79 Å². The summed E-state index contributed by atoms with van der Waals surface area (Å²) < 4.78 is 5.39. The van der Waals surface area contributed by atoms with Crippen LogP contribution in [0.5, 0.6) is 0 Å². The number of thioether (sulfide) groups is 1. The van der Waals surface area contributed by atoms with Crippen molar-refractivity contribution >= 4 is 63.0 Å². The van der Waals surface area contributed by atoms with Crippen molar-refractivity contribution in [3.63, 3.8) is 0 Å². The minimum atomic E-state index is -0.243. The summed E-state index contributed by atoms with van der Waals surface area (Å²) in [5.41, 5.74) is 3.16. The van der Waals surface area contributed by atoms with E-state index in [9.17, 15) is 4.79 Å². The fourth-order valence-electron chi connectivity index (χ4n) is 3.70. The summed E-state index contributed by atoms with van der Waals surface area (Å²) in [7, 11) is 0. The molecule has 1 aliphatic heterocycles. The van der Waals surface area contributed by atoms with Crippen molar-refractivity contribution in [1.29, 1.82) is 0 Å². The first kappa shape index (κ1) is 21.2. The van der Waals surface area contributed by atoms with Gasteiger partial charge in [-0.2, -0.15) is 0 Å². The second-order valence-electron chi connectivity index (χ2n) is 7.54. The van der Waals surface area contributed by atoms with Crippen LogP contribution in [0.3, 0.4) is 0 Å². The number of nitrogens with one attached hydrogen (secondary N) is 1. The third kappa shape index (κ3) is 4.48. The number of benzene rings is 3. The Bertz CT molecular complexity index is 1110. The molecule has 0 saturated heterocycles. The van der Waals surface area contributed by atoms with Crippen LogP contribution in [0.25, 0.3) is 10.8 Å². The third-order valence-electron chi connectivity index (χ3n) is 4.97. The molecule has 154 valence electrons. The fourth-order valence-corrected chi connectivity index (χ4v) is 5.68. The summed E-state index contributed by atoms with van der Waals surface area (Å²) in [5, 5.41) is 6.14. The molecule has 0 aliphatic carbocycles. The van der Waals surface area contributed by atoms with Gasteiger partial charge in [0.1, 0.15) is 0 Å². The van der Waals surface area contributed by atoms with E-state index in [1.54, 1.807) is 11.8 Å². The molecule has 3 nitrogen and oxygen atoms in total. The van der Waals surface area contributed by atoms with E-state index in [0.717, 1.165) is 11.3 Å². The molecule has 0 spiro atoms. The largest absolute Gasteiger partial charge is 0.463 e. The van der Waals surface area contributed by atoms with Gasteiger partial charge in [0, 0.05) is 10.7 Å². The lowest BCUT2D eigenvalue weighted by Gasteiger charge is -2.22.